The Balaban J connectivity index is 2.62. The summed E-state index contributed by atoms with van der Waals surface area (Å²) in [4.78, 5) is 0. The number of aryl methyl sites for hydroxylation is 1. The van der Waals surface area contributed by atoms with Crippen molar-refractivity contribution < 1.29 is 4.74 Å². The minimum Gasteiger partial charge on any atom is -0.385 e. The van der Waals surface area contributed by atoms with Gasteiger partial charge < -0.3 is 10.1 Å². The molecule has 0 fully saturated rings. The van der Waals surface area contributed by atoms with Crippen LogP contribution < -0.4 is 5.32 Å². The molecule has 0 saturated carbocycles. The molecule has 102 valence electrons. The molecule has 1 rings (SSSR count). The van der Waals surface area contributed by atoms with Crippen molar-refractivity contribution in [2.75, 3.05) is 26.8 Å². The standard InChI is InChI=1S/C16H27NO/c1-13(2)11-17-12-15(9-10-18-4)16-8-6-5-7-14(16)3/h5-8,13,15,17H,9-12H2,1-4H3. The van der Waals surface area contributed by atoms with Crippen molar-refractivity contribution in [3.05, 3.63) is 35.4 Å². The summed E-state index contributed by atoms with van der Waals surface area (Å²) >= 11 is 0. The zero-order chi connectivity index (χ0) is 13.4. The zero-order valence-electron chi connectivity index (χ0n) is 12.2. The number of benzene rings is 1. The molecule has 1 unspecified atom stereocenters. The van der Waals surface area contributed by atoms with Gasteiger partial charge in [0.25, 0.3) is 0 Å². The van der Waals surface area contributed by atoms with Crippen LogP contribution in [0.1, 0.15) is 37.3 Å². The van der Waals surface area contributed by atoms with Crippen molar-refractivity contribution in [2.24, 2.45) is 5.92 Å². The maximum absolute atomic E-state index is 5.23. The van der Waals surface area contributed by atoms with Crippen molar-refractivity contribution in [2.45, 2.75) is 33.1 Å². The Labute approximate surface area is 112 Å². The van der Waals surface area contributed by atoms with Crippen molar-refractivity contribution in [3.63, 3.8) is 0 Å². The van der Waals surface area contributed by atoms with Crippen molar-refractivity contribution >= 4 is 0 Å². The van der Waals surface area contributed by atoms with Gasteiger partial charge in [0.1, 0.15) is 0 Å². The third kappa shape index (κ3) is 5.19. The lowest BCUT2D eigenvalue weighted by atomic mass is 9.92. The van der Waals surface area contributed by atoms with E-state index in [4.69, 9.17) is 4.74 Å². The second-order valence-electron chi connectivity index (χ2n) is 5.39. The summed E-state index contributed by atoms with van der Waals surface area (Å²) in [7, 11) is 1.77. The van der Waals surface area contributed by atoms with Crippen LogP contribution in [0.25, 0.3) is 0 Å². The number of rotatable bonds is 8. The second-order valence-corrected chi connectivity index (χ2v) is 5.39. The molecule has 0 aromatic heterocycles. The predicted molar refractivity (Wildman–Crippen MR) is 78.1 cm³/mol. The molecular weight excluding hydrogens is 222 g/mol. The first-order chi connectivity index (χ1) is 8.65. The van der Waals surface area contributed by atoms with Crippen LogP contribution in [0.5, 0.6) is 0 Å². The van der Waals surface area contributed by atoms with Crippen molar-refractivity contribution in [1.29, 1.82) is 0 Å². The van der Waals surface area contributed by atoms with E-state index < -0.39 is 0 Å². The molecule has 1 aromatic carbocycles. The molecule has 2 nitrogen and oxygen atoms in total. The van der Waals surface area contributed by atoms with Crippen LogP contribution in [-0.2, 0) is 4.74 Å². The number of hydrogen-bond donors (Lipinski definition) is 1. The third-order valence-electron chi connectivity index (χ3n) is 3.24. The normalized spacial score (nSPS) is 12.9. The lowest BCUT2D eigenvalue weighted by Gasteiger charge is -2.20. The average molecular weight is 249 g/mol. The van der Waals surface area contributed by atoms with Gasteiger partial charge >= 0.3 is 0 Å². The minimum absolute atomic E-state index is 0.546. The highest BCUT2D eigenvalue weighted by Gasteiger charge is 2.13. The SMILES string of the molecule is COCCC(CNCC(C)C)c1ccccc1C. The molecule has 0 radical (unpaired) electrons. The molecule has 0 spiro atoms. The van der Waals surface area contributed by atoms with Crippen LogP contribution in [0.2, 0.25) is 0 Å². The summed E-state index contributed by atoms with van der Waals surface area (Å²) < 4.78 is 5.23. The molecule has 18 heavy (non-hydrogen) atoms. The van der Waals surface area contributed by atoms with Crippen LogP contribution >= 0.6 is 0 Å². The Morgan fingerprint density at radius 2 is 1.89 bits per heavy atom. The monoisotopic (exact) mass is 249 g/mol. The quantitative estimate of drug-likeness (QED) is 0.763. The van der Waals surface area contributed by atoms with Gasteiger partial charge in [-0.15, -0.1) is 0 Å². The first kappa shape index (κ1) is 15.2. The second kappa shape index (κ2) is 8.28. The first-order valence-electron chi connectivity index (χ1n) is 6.90. The molecule has 0 aliphatic rings. The lowest BCUT2D eigenvalue weighted by molar-refractivity contribution is 0.187. The molecule has 0 amide bonds. The van der Waals surface area contributed by atoms with Gasteiger partial charge in [-0.25, -0.2) is 0 Å². The number of hydrogen-bond acceptors (Lipinski definition) is 2. The van der Waals surface area contributed by atoms with Crippen LogP contribution in [0, 0.1) is 12.8 Å². The summed E-state index contributed by atoms with van der Waals surface area (Å²) in [6.07, 6.45) is 1.08. The van der Waals surface area contributed by atoms with Crippen molar-refractivity contribution in [3.8, 4) is 0 Å². The molecule has 0 heterocycles. The van der Waals surface area contributed by atoms with Gasteiger partial charge in [0.2, 0.25) is 0 Å². The molecule has 1 aromatic rings. The fourth-order valence-electron chi connectivity index (χ4n) is 2.22. The van der Waals surface area contributed by atoms with E-state index in [0.717, 1.165) is 26.1 Å². The first-order valence-corrected chi connectivity index (χ1v) is 6.90. The minimum atomic E-state index is 0.546. The summed E-state index contributed by atoms with van der Waals surface area (Å²) in [6, 6.07) is 8.67. The topological polar surface area (TPSA) is 21.3 Å². The Morgan fingerprint density at radius 1 is 1.17 bits per heavy atom. The van der Waals surface area contributed by atoms with Crippen LogP contribution in [0.15, 0.2) is 24.3 Å². The highest BCUT2D eigenvalue weighted by atomic mass is 16.5. The Kier molecular flexibility index (Phi) is 6.99. The van der Waals surface area contributed by atoms with Gasteiger partial charge in [0, 0.05) is 20.3 Å². The summed E-state index contributed by atoms with van der Waals surface area (Å²) in [5, 5.41) is 3.56. The van der Waals surface area contributed by atoms with E-state index in [2.05, 4.69) is 50.4 Å². The lowest BCUT2D eigenvalue weighted by Crippen LogP contribution is -2.26. The van der Waals surface area contributed by atoms with Gasteiger partial charge in [0.15, 0.2) is 0 Å². The highest BCUT2D eigenvalue weighted by molar-refractivity contribution is 5.29. The van der Waals surface area contributed by atoms with Gasteiger partial charge in [0.05, 0.1) is 0 Å². The molecule has 1 N–H and O–H groups in total. The molecule has 0 bridgehead atoms. The molecule has 0 aliphatic carbocycles. The van der Waals surface area contributed by atoms with Crippen LogP contribution in [-0.4, -0.2) is 26.8 Å². The highest BCUT2D eigenvalue weighted by Crippen LogP contribution is 2.22. The molecule has 1 atom stereocenters. The van der Waals surface area contributed by atoms with Gasteiger partial charge in [-0.3, -0.25) is 0 Å². The fourth-order valence-corrected chi connectivity index (χ4v) is 2.22. The van der Waals surface area contributed by atoms with Crippen LogP contribution in [0.4, 0.5) is 0 Å². The molecule has 0 saturated heterocycles. The smallest absolute Gasteiger partial charge is 0.0468 e. The summed E-state index contributed by atoms with van der Waals surface area (Å²) in [5.41, 5.74) is 2.83. The van der Waals surface area contributed by atoms with Gasteiger partial charge in [-0.1, -0.05) is 38.1 Å². The van der Waals surface area contributed by atoms with E-state index >= 15 is 0 Å². The van der Waals surface area contributed by atoms with Crippen LogP contribution in [0.3, 0.4) is 0 Å². The largest absolute Gasteiger partial charge is 0.385 e. The van der Waals surface area contributed by atoms with Crippen molar-refractivity contribution in [1.82, 2.24) is 5.32 Å². The maximum atomic E-state index is 5.23. The number of nitrogens with one attached hydrogen (secondary N) is 1. The Bertz CT molecular complexity index is 336. The maximum Gasteiger partial charge on any atom is 0.0468 e. The Hall–Kier alpha value is -0.860. The zero-order valence-corrected chi connectivity index (χ0v) is 12.2. The number of ether oxygens (including phenoxy) is 1. The fraction of sp³-hybridized carbons (Fsp3) is 0.625. The molecular formula is C16H27NO. The van der Waals surface area contributed by atoms with E-state index in [9.17, 15) is 0 Å². The van der Waals surface area contributed by atoms with E-state index in [-0.39, 0.29) is 0 Å². The van der Waals surface area contributed by atoms with E-state index in [1.165, 1.54) is 11.1 Å². The number of methoxy groups -OCH3 is 1. The van der Waals surface area contributed by atoms with E-state index in [0.29, 0.717) is 11.8 Å². The van der Waals surface area contributed by atoms with E-state index in [1.807, 2.05) is 0 Å². The molecule has 0 aliphatic heterocycles. The van der Waals surface area contributed by atoms with E-state index in [1.54, 1.807) is 7.11 Å². The average Bonchev–Trinajstić information content (AvgIpc) is 2.34. The molecule has 2 heteroatoms. The summed E-state index contributed by atoms with van der Waals surface area (Å²) in [5.74, 6) is 1.25. The predicted octanol–water partition coefficient (Wildman–Crippen LogP) is 3.36. The Morgan fingerprint density at radius 3 is 2.50 bits per heavy atom. The van der Waals surface area contributed by atoms with Gasteiger partial charge in [-0.05, 0) is 42.9 Å². The van der Waals surface area contributed by atoms with Gasteiger partial charge in [-0.2, -0.15) is 0 Å². The third-order valence-corrected chi connectivity index (χ3v) is 3.24. The summed E-state index contributed by atoms with van der Waals surface area (Å²) in [6.45, 7) is 9.61.